The normalized spacial score (nSPS) is 12.0. The zero-order valence-electron chi connectivity index (χ0n) is 13.6. The lowest BCUT2D eigenvalue weighted by Crippen LogP contribution is -2.06. The van der Waals surface area contributed by atoms with Crippen LogP contribution in [-0.2, 0) is 7.05 Å². The van der Waals surface area contributed by atoms with Gasteiger partial charge in [-0.15, -0.1) is 5.11 Å². The highest BCUT2D eigenvalue weighted by molar-refractivity contribution is 6.04. The van der Waals surface area contributed by atoms with Gasteiger partial charge in [0.1, 0.15) is 11.5 Å². The van der Waals surface area contributed by atoms with Crippen LogP contribution in [0.15, 0.2) is 58.3 Å². The Morgan fingerprint density at radius 2 is 2.04 bits per heavy atom. The first-order chi connectivity index (χ1) is 12.5. The fraction of sp³-hybridized carbons (Fsp3) is 0.0625. The van der Waals surface area contributed by atoms with Gasteiger partial charge in [-0.1, -0.05) is 11.3 Å². The molecule has 0 aliphatic rings. The summed E-state index contributed by atoms with van der Waals surface area (Å²) in [6, 6.07) is 5.21. The van der Waals surface area contributed by atoms with Crippen molar-refractivity contribution in [3.8, 4) is 11.3 Å². The average molecular weight is 356 g/mol. The molecule has 132 valence electrons. The molecule has 0 saturated heterocycles. The molecule has 10 heteroatoms. The number of benzene rings is 1. The molecule has 0 radical (unpaired) electrons. The zero-order valence-corrected chi connectivity index (χ0v) is 13.6. The molecule has 3 aromatic rings. The third kappa shape index (κ3) is 3.38. The van der Waals surface area contributed by atoms with Crippen molar-refractivity contribution in [3.05, 3.63) is 60.2 Å². The van der Waals surface area contributed by atoms with E-state index in [9.17, 15) is 8.78 Å². The van der Waals surface area contributed by atoms with Crippen molar-refractivity contribution < 1.29 is 8.78 Å². The number of rotatable bonds is 3. The van der Waals surface area contributed by atoms with Gasteiger partial charge in [0.25, 0.3) is 0 Å². The summed E-state index contributed by atoms with van der Waals surface area (Å²) in [5.41, 5.74) is 7.16. The summed E-state index contributed by atoms with van der Waals surface area (Å²) in [5, 5.41) is 6.86. The lowest BCUT2D eigenvalue weighted by molar-refractivity contribution is 0.510. The summed E-state index contributed by atoms with van der Waals surface area (Å²) in [6.07, 6.45) is 4.94. The van der Waals surface area contributed by atoms with E-state index in [-0.39, 0.29) is 22.9 Å². The van der Waals surface area contributed by atoms with Gasteiger partial charge in [-0.3, -0.25) is 0 Å². The molecule has 0 atom stereocenters. The molecule has 0 fully saturated rings. The van der Waals surface area contributed by atoms with E-state index in [1.165, 1.54) is 18.3 Å². The van der Waals surface area contributed by atoms with Crippen molar-refractivity contribution in [2.45, 2.75) is 0 Å². The molecule has 2 aromatic heterocycles. The fourth-order valence-corrected chi connectivity index (χ4v) is 2.24. The molecule has 0 unspecified atom stereocenters. The van der Waals surface area contributed by atoms with E-state index in [4.69, 9.17) is 11.6 Å². The Kier molecular flexibility index (Phi) is 4.65. The highest BCUT2D eigenvalue weighted by Gasteiger charge is 2.14. The summed E-state index contributed by atoms with van der Waals surface area (Å²) in [5.74, 6) is 2.93. The van der Waals surface area contributed by atoms with Crippen molar-refractivity contribution >= 4 is 17.3 Å². The van der Waals surface area contributed by atoms with Crippen LogP contribution in [0.2, 0.25) is 0 Å². The lowest BCUT2D eigenvalue weighted by atomic mass is 10.1. The molecule has 0 bridgehead atoms. The van der Waals surface area contributed by atoms with Crippen molar-refractivity contribution in [3.63, 3.8) is 0 Å². The first-order valence-electron chi connectivity index (χ1n) is 7.37. The van der Waals surface area contributed by atoms with Gasteiger partial charge in [0.15, 0.2) is 17.5 Å². The van der Waals surface area contributed by atoms with Gasteiger partial charge in [-0.05, 0) is 18.2 Å². The summed E-state index contributed by atoms with van der Waals surface area (Å²) in [6.45, 7) is 0. The largest absolute Gasteiger partial charge is 0.383 e. The summed E-state index contributed by atoms with van der Waals surface area (Å²) >= 11 is 0. The number of imidazole rings is 1. The van der Waals surface area contributed by atoms with Crippen LogP contribution in [0.1, 0.15) is 5.56 Å². The van der Waals surface area contributed by atoms with Crippen molar-refractivity contribution in [1.29, 1.82) is 0 Å². The Labute approximate surface area is 146 Å². The number of aliphatic imine (C=N–C) groups is 1. The maximum absolute atomic E-state index is 13.9. The van der Waals surface area contributed by atoms with Gasteiger partial charge in [-0.2, -0.15) is 0 Å². The molecule has 0 amide bonds. The number of nitrogen functional groups attached to an aromatic ring is 1. The van der Waals surface area contributed by atoms with E-state index < -0.39 is 11.6 Å². The number of anilines is 1. The Balaban J connectivity index is 2.14. The number of nitrogens with two attached hydrogens (primary N) is 2. The van der Waals surface area contributed by atoms with Gasteiger partial charge in [0.05, 0.1) is 17.6 Å². The maximum atomic E-state index is 13.9. The third-order valence-electron chi connectivity index (χ3n) is 3.47. The molecule has 2 heterocycles. The molecule has 0 saturated carbocycles. The second-order valence-electron chi connectivity index (χ2n) is 5.30. The van der Waals surface area contributed by atoms with Crippen LogP contribution < -0.4 is 11.6 Å². The van der Waals surface area contributed by atoms with E-state index in [0.29, 0.717) is 11.3 Å². The number of amidine groups is 1. The average Bonchev–Trinajstić information content (AvgIpc) is 3.05. The van der Waals surface area contributed by atoms with Gasteiger partial charge in [-0.25, -0.2) is 23.7 Å². The molecule has 1 aromatic carbocycles. The molecule has 0 aliphatic heterocycles. The van der Waals surface area contributed by atoms with E-state index in [0.717, 1.165) is 6.07 Å². The van der Waals surface area contributed by atoms with E-state index >= 15 is 0 Å². The maximum Gasteiger partial charge on any atom is 0.187 e. The van der Waals surface area contributed by atoms with E-state index in [2.05, 4.69) is 25.3 Å². The van der Waals surface area contributed by atoms with Gasteiger partial charge in [0.2, 0.25) is 0 Å². The first kappa shape index (κ1) is 17.1. The highest BCUT2D eigenvalue weighted by Crippen LogP contribution is 2.25. The standard InChI is InChI=1S/C16H14F2N8/c1-26-7-13(22-8-26)9-5-10(15(19)21-6-9)16(24-25-20)23-12-4-2-3-11(17)14(12)18/h2-8H,1H3,(H2,19,21)(H2,20,23,24). The number of hydrogen-bond acceptors (Lipinski definition) is 5. The number of nitrogens with zero attached hydrogens (tertiary/aromatic N) is 6. The lowest BCUT2D eigenvalue weighted by Gasteiger charge is -2.06. The predicted octanol–water partition coefficient (Wildman–Crippen LogP) is 2.75. The molecule has 3 rings (SSSR count). The molecule has 8 nitrogen and oxygen atoms in total. The van der Waals surface area contributed by atoms with Crippen molar-refractivity contribution in [1.82, 2.24) is 14.5 Å². The first-order valence-corrected chi connectivity index (χ1v) is 7.37. The predicted molar refractivity (Wildman–Crippen MR) is 92.4 cm³/mol. The van der Waals surface area contributed by atoms with Crippen LogP contribution in [0.3, 0.4) is 0 Å². The number of pyridine rings is 1. The van der Waals surface area contributed by atoms with E-state index in [1.807, 2.05) is 7.05 Å². The molecular formula is C16H14F2N8. The minimum atomic E-state index is -1.12. The van der Waals surface area contributed by atoms with Crippen LogP contribution in [0.5, 0.6) is 0 Å². The Hall–Kier alpha value is -3.69. The molecule has 4 N–H and O–H groups in total. The third-order valence-corrected chi connectivity index (χ3v) is 3.47. The van der Waals surface area contributed by atoms with Crippen LogP contribution in [0, 0.1) is 11.6 Å². The molecular weight excluding hydrogens is 342 g/mol. The van der Waals surface area contributed by atoms with Gasteiger partial charge < -0.3 is 16.1 Å². The summed E-state index contributed by atoms with van der Waals surface area (Å²) in [4.78, 5) is 12.3. The van der Waals surface area contributed by atoms with Crippen molar-refractivity contribution in [2.24, 2.45) is 28.2 Å². The number of aromatic nitrogens is 3. The summed E-state index contributed by atoms with van der Waals surface area (Å²) < 4.78 is 29.1. The number of hydrogen-bond donors (Lipinski definition) is 2. The second kappa shape index (κ2) is 7.05. The monoisotopic (exact) mass is 356 g/mol. The van der Waals surface area contributed by atoms with Crippen LogP contribution in [0.25, 0.3) is 11.3 Å². The molecule has 0 spiro atoms. The Morgan fingerprint density at radius 3 is 2.73 bits per heavy atom. The van der Waals surface area contributed by atoms with Gasteiger partial charge in [0, 0.05) is 25.0 Å². The number of halogens is 2. The van der Waals surface area contributed by atoms with Gasteiger partial charge >= 0.3 is 0 Å². The molecule has 0 aliphatic carbocycles. The fourth-order valence-electron chi connectivity index (χ4n) is 2.24. The van der Waals surface area contributed by atoms with Crippen LogP contribution >= 0.6 is 0 Å². The van der Waals surface area contributed by atoms with Crippen LogP contribution in [0.4, 0.5) is 20.3 Å². The SMILES string of the molecule is Cn1cnc(-c2cnc(N)c(C(N=NN)=Nc3cccc(F)c3F)c2)c1. The minimum Gasteiger partial charge on any atom is -0.383 e. The van der Waals surface area contributed by atoms with Crippen molar-refractivity contribution in [2.75, 3.05) is 5.73 Å². The quantitative estimate of drug-likeness (QED) is 0.246. The Morgan fingerprint density at radius 1 is 1.23 bits per heavy atom. The summed E-state index contributed by atoms with van der Waals surface area (Å²) in [7, 11) is 1.82. The molecule has 26 heavy (non-hydrogen) atoms. The topological polar surface area (TPSA) is 120 Å². The number of aryl methyl sites for hydroxylation is 1. The zero-order chi connectivity index (χ0) is 18.7. The minimum absolute atomic E-state index is 0.0765. The highest BCUT2D eigenvalue weighted by atomic mass is 19.2. The smallest absolute Gasteiger partial charge is 0.187 e. The van der Waals surface area contributed by atoms with Crippen LogP contribution in [-0.4, -0.2) is 20.4 Å². The Bertz CT molecular complexity index is 1010. The second-order valence-corrected chi connectivity index (χ2v) is 5.30. The van der Waals surface area contributed by atoms with E-state index in [1.54, 1.807) is 23.2 Å².